The molecule has 0 unspecified atom stereocenters. The minimum Gasteiger partial charge on any atom is -0.497 e. The van der Waals surface area contributed by atoms with Crippen molar-refractivity contribution < 1.29 is 13.9 Å². The van der Waals surface area contributed by atoms with Crippen molar-refractivity contribution in [3.63, 3.8) is 0 Å². The van der Waals surface area contributed by atoms with Crippen LogP contribution >= 0.6 is 0 Å². The average molecular weight is 386 g/mol. The van der Waals surface area contributed by atoms with E-state index in [2.05, 4.69) is 43.4 Å². The summed E-state index contributed by atoms with van der Waals surface area (Å²) >= 11 is 0. The fraction of sp³-hybridized carbons (Fsp3) is 0.500. The fourth-order valence-electron chi connectivity index (χ4n) is 4.29. The van der Waals surface area contributed by atoms with E-state index in [9.17, 15) is 4.39 Å². The second-order valence-corrected chi connectivity index (χ2v) is 8.14. The topological polar surface area (TPSA) is 30.5 Å². The minimum absolute atomic E-state index is 0.0882. The highest BCUT2D eigenvalue weighted by Gasteiger charge is 2.43. The number of nitrogens with one attached hydrogen (secondary N) is 1. The number of hydrogen-bond acceptors (Lipinski definition) is 3. The molecule has 0 saturated carbocycles. The van der Waals surface area contributed by atoms with Gasteiger partial charge in [-0.05, 0) is 74.5 Å². The van der Waals surface area contributed by atoms with Gasteiger partial charge >= 0.3 is 0 Å². The molecular formula is C24H32FNO2. The third-order valence-corrected chi connectivity index (χ3v) is 6.22. The molecule has 0 radical (unpaired) electrons. The molecule has 3 nitrogen and oxygen atoms in total. The van der Waals surface area contributed by atoms with Gasteiger partial charge in [-0.25, -0.2) is 4.39 Å². The molecule has 1 fully saturated rings. The van der Waals surface area contributed by atoms with Crippen LogP contribution in [0.2, 0.25) is 0 Å². The molecule has 1 saturated heterocycles. The quantitative estimate of drug-likeness (QED) is 0.631. The fourth-order valence-corrected chi connectivity index (χ4v) is 4.29. The van der Waals surface area contributed by atoms with E-state index in [1.54, 1.807) is 7.11 Å². The van der Waals surface area contributed by atoms with Crippen LogP contribution in [0.3, 0.4) is 0 Å². The van der Waals surface area contributed by atoms with Crippen molar-refractivity contribution >= 4 is 0 Å². The minimum atomic E-state index is -0.191. The Hall–Kier alpha value is -1.91. The molecule has 0 spiro atoms. The molecular weight excluding hydrogens is 353 g/mol. The van der Waals surface area contributed by atoms with Crippen LogP contribution in [0.4, 0.5) is 4.39 Å². The number of benzene rings is 2. The van der Waals surface area contributed by atoms with Gasteiger partial charge in [0.05, 0.1) is 12.7 Å². The lowest BCUT2D eigenvalue weighted by Gasteiger charge is -2.47. The van der Waals surface area contributed by atoms with E-state index >= 15 is 0 Å². The van der Waals surface area contributed by atoms with Crippen molar-refractivity contribution in [2.24, 2.45) is 0 Å². The van der Waals surface area contributed by atoms with Crippen LogP contribution in [0.5, 0.6) is 5.75 Å². The molecule has 1 N–H and O–H groups in total. The van der Waals surface area contributed by atoms with Crippen LogP contribution < -0.4 is 10.1 Å². The first kappa shape index (κ1) is 20.8. The second kappa shape index (κ2) is 9.06. The second-order valence-electron chi connectivity index (χ2n) is 8.14. The normalized spacial score (nSPS) is 24.9. The number of hydrogen-bond donors (Lipinski definition) is 1. The molecule has 2 atom stereocenters. The van der Waals surface area contributed by atoms with Crippen molar-refractivity contribution in [3.8, 4) is 5.75 Å². The number of methoxy groups -OCH3 is 1. The molecule has 0 aliphatic carbocycles. The van der Waals surface area contributed by atoms with Gasteiger partial charge in [0.2, 0.25) is 0 Å². The van der Waals surface area contributed by atoms with E-state index in [0.29, 0.717) is 0 Å². The first-order valence-corrected chi connectivity index (χ1v) is 10.2. The summed E-state index contributed by atoms with van der Waals surface area (Å²) in [4.78, 5) is 0. The maximum Gasteiger partial charge on any atom is 0.123 e. The zero-order chi connectivity index (χ0) is 20.0. The molecule has 0 bridgehead atoms. The van der Waals surface area contributed by atoms with E-state index in [4.69, 9.17) is 9.47 Å². The summed E-state index contributed by atoms with van der Waals surface area (Å²) in [6.45, 7) is 6.88. The highest BCUT2D eigenvalue weighted by molar-refractivity contribution is 5.33. The van der Waals surface area contributed by atoms with Crippen LogP contribution in [0.15, 0.2) is 48.5 Å². The molecule has 0 aromatic heterocycles. The Morgan fingerprint density at radius 2 is 1.82 bits per heavy atom. The van der Waals surface area contributed by atoms with E-state index in [1.807, 2.05) is 12.1 Å². The van der Waals surface area contributed by atoms with E-state index in [1.165, 1.54) is 17.7 Å². The summed E-state index contributed by atoms with van der Waals surface area (Å²) in [5.74, 6) is 0.696. The molecule has 4 heteroatoms. The first-order valence-electron chi connectivity index (χ1n) is 10.2. The van der Waals surface area contributed by atoms with Gasteiger partial charge in [0.25, 0.3) is 0 Å². The number of ether oxygens (including phenoxy) is 2. The van der Waals surface area contributed by atoms with E-state index in [0.717, 1.165) is 56.7 Å². The van der Waals surface area contributed by atoms with Gasteiger partial charge in [-0.1, -0.05) is 31.2 Å². The van der Waals surface area contributed by atoms with Gasteiger partial charge in [-0.15, -0.1) is 0 Å². The predicted molar refractivity (Wildman–Crippen MR) is 111 cm³/mol. The highest BCUT2D eigenvalue weighted by atomic mass is 19.1. The van der Waals surface area contributed by atoms with Crippen molar-refractivity contribution in [1.82, 2.24) is 5.32 Å². The Morgan fingerprint density at radius 1 is 1.11 bits per heavy atom. The predicted octanol–water partition coefficient (Wildman–Crippen LogP) is 5.23. The molecule has 1 aliphatic rings. The third kappa shape index (κ3) is 4.92. The van der Waals surface area contributed by atoms with Crippen LogP contribution in [0, 0.1) is 5.82 Å². The molecule has 152 valence electrons. The largest absolute Gasteiger partial charge is 0.497 e. The number of rotatable bonds is 8. The summed E-state index contributed by atoms with van der Waals surface area (Å²) < 4.78 is 24.6. The lowest BCUT2D eigenvalue weighted by Crippen LogP contribution is -2.46. The van der Waals surface area contributed by atoms with Gasteiger partial charge in [-0.3, -0.25) is 0 Å². The summed E-state index contributed by atoms with van der Waals surface area (Å²) in [7, 11) is 1.70. The van der Waals surface area contributed by atoms with Crippen LogP contribution in [0.25, 0.3) is 0 Å². The van der Waals surface area contributed by atoms with Crippen LogP contribution in [-0.2, 0) is 16.7 Å². The van der Waals surface area contributed by atoms with Gasteiger partial charge < -0.3 is 14.8 Å². The lowest BCUT2D eigenvalue weighted by molar-refractivity contribution is -0.0979. The summed E-state index contributed by atoms with van der Waals surface area (Å²) in [6.07, 6.45) is 4.08. The van der Waals surface area contributed by atoms with Gasteiger partial charge in [0.15, 0.2) is 0 Å². The van der Waals surface area contributed by atoms with Gasteiger partial charge in [0.1, 0.15) is 11.6 Å². The number of halogens is 1. The standard InChI is InChI=1S/C24H32FNO2/c1-4-23(2)18-24(14-16-28-23,20-7-11-22(27-3)12-8-20)13-15-26-17-19-5-9-21(25)10-6-19/h5-12,26H,4,13-18H2,1-3H3/t23-,24-/m0/s1. The Kier molecular flexibility index (Phi) is 6.73. The van der Waals surface area contributed by atoms with Gasteiger partial charge in [-0.2, -0.15) is 0 Å². The Morgan fingerprint density at radius 3 is 2.46 bits per heavy atom. The average Bonchev–Trinajstić information content (AvgIpc) is 2.73. The van der Waals surface area contributed by atoms with Crippen molar-refractivity contribution in [3.05, 3.63) is 65.5 Å². The van der Waals surface area contributed by atoms with E-state index < -0.39 is 0 Å². The third-order valence-electron chi connectivity index (χ3n) is 6.22. The Bertz CT molecular complexity index is 746. The molecule has 3 rings (SSSR count). The monoisotopic (exact) mass is 385 g/mol. The Labute approximate surface area is 168 Å². The summed E-state index contributed by atoms with van der Waals surface area (Å²) in [5.41, 5.74) is 2.46. The molecule has 28 heavy (non-hydrogen) atoms. The molecule has 1 aliphatic heterocycles. The van der Waals surface area contributed by atoms with Crippen molar-refractivity contribution in [2.75, 3.05) is 20.3 Å². The smallest absolute Gasteiger partial charge is 0.123 e. The van der Waals surface area contributed by atoms with Crippen molar-refractivity contribution in [2.45, 2.75) is 57.1 Å². The molecule has 1 heterocycles. The van der Waals surface area contributed by atoms with E-state index in [-0.39, 0.29) is 16.8 Å². The molecule has 2 aromatic carbocycles. The lowest BCUT2D eigenvalue weighted by atomic mass is 9.66. The highest BCUT2D eigenvalue weighted by Crippen LogP contribution is 2.45. The zero-order valence-electron chi connectivity index (χ0n) is 17.3. The Balaban J connectivity index is 1.71. The van der Waals surface area contributed by atoms with Crippen LogP contribution in [0.1, 0.15) is 50.7 Å². The molecule has 2 aromatic rings. The SMILES string of the molecule is CC[C@@]1(C)C[C@@](CCNCc2ccc(F)cc2)(c2ccc(OC)cc2)CCO1. The maximum atomic E-state index is 13.1. The maximum absolute atomic E-state index is 13.1. The zero-order valence-corrected chi connectivity index (χ0v) is 17.3. The molecule has 0 amide bonds. The van der Waals surface area contributed by atoms with Crippen molar-refractivity contribution in [1.29, 1.82) is 0 Å². The summed E-state index contributed by atoms with van der Waals surface area (Å²) in [5, 5.41) is 3.54. The summed E-state index contributed by atoms with van der Waals surface area (Å²) in [6, 6.07) is 15.2. The van der Waals surface area contributed by atoms with Gasteiger partial charge in [0, 0.05) is 18.6 Å². The first-order chi connectivity index (χ1) is 13.5. The van der Waals surface area contributed by atoms with Crippen LogP contribution in [-0.4, -0.2) is 25.9 Å².